The van der Waals surface area contributed by atoms with Crippen LogP contribution in [-0.4, -0.2) is 92.4 Å². The van der Waals surface area contributed by atoms with Crippen molar-refractivity contribution in [2.24, 2.45) is 0 Å². The Bertz CT molecular complexity index is 2230. The first-order chi connectivity index (χ1) is 29.9. The molecule has 5 amide bonds. The average Bonchev–Trinajstić information content (AvgIpc) is 3.25. The van der Waals surface area contributed by atoms with Gasteiger partial charge in [-0.3, -0.25) is 19.2 Å². The summed E-state index contributed by atoms with van der Waals surface area (Å²) in [6.07, 6.45) is 6.25. The number of rotatable bonds is 15. The fourth-order valence-corrected chi connectivity index (χ4v) is 6.97. The summed E-state index contributed by atoms with van der Waals surface area (Å²) in [5.74, 6) is -1.50. The van der Waals surface area contributed by atoms with Gasteiger partial charge in [-0.2, -0.15) is 0 Å². The number of nitrogens with zero attached hydrogens (tertiary/aromatic N) is 1. The van der Waals surface area contributed by atoms with E-state index in [0.29, 0.717) is 57.9 Å². The topological polar surface area (TPSA) is 181 Å². The van der Waals surface area contributed by atoms with Gasteiger partial charge in [0.05, 0.1) is 20.3 Å². The van der Waals surface area contributed by atoms with Crippen LogP contribution in [-0.2, 0) is 30.3 Å². The molecule has 15 heteroatoms. The van der Waals surface area contributed by atoms with Crippen molar-refractivity contribution < 1.29 is 43.0 Å². The lowest BCUT2D eigenvalue weighted by Crippen LogP contribution is -2.54. The van der Waals surface area contributed by atoms with Gasteiger partial charge >= 0.3 is 6.09 Å². The highest BCUT2D eigenvalue weighted by molar-refractivity contribution is 6.31. The number of allylic oxidation sites excluding steroid dienone is 5. The van der Waals surface area contributed by atoms with Gasteiger partial charge < -0.3 is 45.2 Å². The minimum absolute atomic E-state index is 0.138. The number of methoxy groups -OCH3 is 2. The second kappa shape index (κ2) is 22.6. The van der Waals surface area contributed by atoms with Crippen LogP contribution in [0.2, 0.25) is 0 Å². The maximum Gasteiger partial charge on any atom is 0.407 e. The van der Waals surface area contributed by atoms with Crippen molar-refractivity contribution in [1.82, 2.24) is 26.2 Å². The first kappa shape index (κ1) is 49.2. The molecule has 0 fully saturated rings. The molecule has 4 atom stereocenters. The molecule has 0 aromatic heterocycles. The molecule has 1 aliphatic rings. The molecule has 1 aliphatic heterocycles. The fourth-order valence-electron chi connectivity index (χ4n) is 6.91. The Morgan fingerprint density at radius 1 is 0.921 bits per heavy atom. The van der Waals surface area contributed by atoms with E-state index in [2.05, 4.69) is 27.8 Å². The van der Waals surface area contributed by atoms with Gasteiger partial charge in [-0.15, -0.1) is 0 Å². The predicted molar refractivity (Wildman–Crippen MR) is 243 cm³/mol. The summed E-state index contributed by atoms with van der Waals surface area (Å²) in [7, 11) is 4.47. The van der Waals surface area contributed by atoms with E-state index in [4.69, 9.17) is 25.8 Å². The Morgan fingerprint density at radius 2 is 1.56 bits per heavy atom. The number of aldehydes is 1. The van der Waals surface area contributed by atoms with Gasteiger partial charge in [0, 0.05) is 35.3 Å². The summed E-state index contributed by atoms with van der Waals surface area (Å²) in [5.41, 5.74) is 3.56. The number of benzene rings is 3. The van der Waals surface area contributed by atoms with Crippen LogP contribution >= 0.6 is 11.6 Å². The van der Waals surface area contributed by atoms with Crippen molar-refractivity contribution in [3.63, 3.8) is 0 Å². The SMILES string of the molecule is C=C/C(Cl)=C\C=C(/C)c1ccc(C(=O)N[C@@H](CCCCNC(=O)OC(C)(C)C)C(=O)N(C)[C@@H]2C(=O)N[C@@H](C)C(=O)N[C@H](C=O)Cc3ccc(OC)c(c3)-c3cc2ccc3OC)cc1. The molecule has 0 unspecified atom stereocenters. The van der Waals surface area contributed by atoms with Crippen molar-refractivity contribution in [2.75, 3.05) is 27.8 Å². The number of likely N-dealkylation sites (N-methyl/N-ethyl adjacent to an activating group) is 1. The van der Waals surface area contributed by atoms with Gasteiger partial charge in [-0.25, -0.2) is 4.79 Å². The number of nitrogens with one attached hydrogen (secondary N) is 4. The highest BCUT2D eigenvalue weighted by Crippen LogP contribution is 2.40. The second-order valence-corrected chi connectivity index (χ2v) is 16.6. The molecule has 0 saturated heterocycles. The predicted octanol–water partition coefficient (Wildman–Crippen LogP) is 6.82. The molecule has 4 bridgehead atoms. The lowest BCUT2D eigenvalue weighted by atomic mass is 9.93. The lowest BCUT2D eigenvalue weighted by Gasteiger charge is -2.32. The number of fused-ring (bicyclic) bond motifs is 5. The summed E-state index contributed by atoms with van der Waals surface area (Å²) < 4.78 is 16.8. The smallest absolute Gasteiger partial charge is 0.407 e. The van der Waals surface area contributed by atoms with Crippen molar-refractivity contribution in [3.8, 4) is 22.6 Å². The van der Waals surface area contributed by atoms with Gasteiger partial charge in [-0.1, -0.05) is 54.6 Å². The monoisotopic (exact) mass is 883 g/mol. The molecule has 0 saturated carbocycles. The van der Waals surface area contributed by atoms with Gasteiger partial charge in [0.2, 0.25) is 17.7 Å². The highest BCUT2D eigenvalue weighted by atomic mass is 35.5. The third-order valence-electron chi connectivity index (χ3n) is 10.3. The zero-order valence-electron chi connectivity index (χ0n) is 37.1. The number of ether oxygens (including phenoxy) is 3. The Morgan fingerprint density at radius 3 is 2.17 bits per heavy atom. The number of halogens is 1. The summed E-state index contributed by atoms with van der Waals surface area (Å²) in [4.78, 5) is 82.2. The number of amides is 5. The quantitative estimate of drug-likeness (QED) is 0.0724. The first-order valence-corrected chi connectivity index (χ1v) is 21.0. The molecule has 3 aromatic carbocycles. The summed E-state index contributed by atoms with van der Waals surface area (Å²) >= 11 is 6.07. The molecule has 4 N–H and O–H groups in total. The van der Waals surface area contributed by atoms with E-state index in [0.717, 1.165) is 16.7 Å². The zero-order valence-corrected chi connectivity index (χ0v) is 37.9. The van der Waals surface area contributed by atoms with Crippen LogP contribution in [0.3, 0.4) is 0 Å². The number of hydrogen-bond donors (Lipinski definition) is 4. The molecule has 3 aromatic rings. The maximum atomic E-state index is 14.8. The third kappa shape index (κ3) is 13.8. The average molecular weight is 884 g/mol. The number of carbonyl (C=O) groups is 6. The van der Waals surface area contributed by atoms with Gasteiger partial charge in [0.25, 0.3) is 5.91 Å². The number of unbranched alkanes of at least 4 members (excludes halogenated alkanes) is 1. The van der Waals surface area contributed by atoms with E-state index in [9.17, 15) is 28.8 Å². The van der Waals surface area contributed by atoms with Gasteiger partial charge in [0.1, 0.15) is 41.5 Å². The van der Waals surface area contributed by atoms with Crippen molar-refractivity contribution >= 4 is 53.2 Å². The van der Waals surface area contributed by atoms with Crippen LogP contribution in [0, 0.1) is 0 Å². The highest BCUT2D eigenvalue weighted by Gasteiger charge is 2.36. The Labute approximate surface area is 374 Å². The van der Waals surface area contributed by atoms with Crippen LogP contribution in [0.25, 0.3) is 16.7 Å². The van der Waals surface area contributed by atoms with E-state index in [1.807, 2.05) is 19.1 Å². The molecule has 1 heterocycles. The van der Waals surface area contributed by atoms with E-state index in [1.165, 1.54) is 39.2 Å². The first-order valence-electron chi connectivity index (χ1n) is 20.6. The number of alkyl carbamates (subject to hydrolysis) is 1. The Balaban J connectivity index is 1.74. The number of carbonyl (C=O) groups excluding carboxylic acids is 6. The van der Waals surface area contributed by atoms with Crippen molar-refractivity contribution in [1.29, 1.82) is 0 Å². The van der Waals surface area contributed by atoms with Crippen molar-refractivity contribution in [2.45, 2.75) is 90.1 Å². The van der Waals surface area contributed by atoms with E-state index in [1.54, 1.807) is 81.4 Å². The molecule has 4 rings (SSSR count). The Hall–Kier alpha value is -6.41. The molecule has 0 aliphatic carbocycles. The summed E-state index contributed by atoms with van der Waals surface area (Å²) in [6.45, 7) is 12.6. The van der Waals surface area contributed by atoms with Crippen LogP contribution in [0.4, 0.5) is 4.79 Å². The largest absolute Gasteiger partial charge is 0.496 e. The van der Waals surface area contributed by atoms with Crippen LogP contribution < -0.4 is 30.7 Å². The van der Waals surface area contributed by atoms with Crippen LogP contribution in [0.1, 0.15) is 87.0 Å². The lowest BCUT2D eigenvalue weighted by molar-refractivity contribution is -0.141. The third-order valence-corrected chi connectivity index (χ3v) is 10.5. The second-order valence-electron chi connectivity index (χ2n) is 16.2. The minimum atomic E-state index is -1.33. The van der Waals surface area contributed by atoms with E-state index < -0.39 is 59.5 Å². The fraction of sp³-hybridized carbons (Fsp3) is 0.375. The molecule has 14 nitrogen and oxygen atoms in total. The summed E-state index contributed by atoms with van der Waals surface area (Å²) in [6, 6.07) is 12.8. The van der Waals surface area contributed by atoms with Crippen LogP contribution in [0.5, 0.6) is 11.5 Å². The zero-order chi connectivity index (χ0) is 46.4. The standard InChI is InChI=1S/C48H58ClN5O9/c1-10-35(49)21-14-29(2)32-16-18-33(19-17-32)44(57)53-39(13-11-12-24-50-47(60)63-48(4,5)6)46(59)54(7)42-34-20-23-41(62-9)38(27-34)37-26-31(15-22-40(37)61-8)25-36(28-55)52-43(56)30(3)51-45(42)58/h10,14-23,26-28,30,36,39,42H,1,11-13,24-25H2,2-9H3,(H,50,60)(H,51,58)(H,52,56)(H,53,57)/b29-14+,35-21+/t30-,36-,39-,42-/m0/s1. The molecular formula is C48H58ClN5O9. The minimum Gasteiger partial charge on any atom is -0.496 e. The molecule has 0 radical (unpaired) electrons. The maximum absolute atomic E-state index is 14.8. The molecule has 336 valence electrons. The number of hydrogen-bond acceptors (Lipinski definition) is 9. The van der Waals surface area contributed by atoms with E-state index >= 15 is 0 Å². The van der Waals surface area contributed by atoms with Gasteiger partial charge in [0.15, 0.2) is 0 Å². The molecular weight excluding hydrogens is 826 g/mol. The van der Waals surface area contributed by atoms with Crippen molar-refractivity contribution in [3.05, 3.63) is 113 Å². The normalized spacial score (nSPS) is 17.4. The summed E-state index contributed by atoms with van der Waals surface area (Å²) in [5, 5.41) is 11.5. The van der Waals surface area contributed by atoms with Crippen LogP contribution in [0.15, 0.2) is 90.5 Å². The Kier molecular flexibility index (Phi) is 17.7. The van der Waals surface area contributed by atoms with Gasteiger partial charge in [-0.05, 0) is 125 Å². The van der Waals surface area contributed by atoms with E-state index in [-0.39, 0.29) is 19.4 Å². The molecule has 0 spiro atoms. The molecule has 63 heavy (non-hydrogen) atoms.